The first-order chi connectivity index (χ1) is 14.8. The molecule has 2 aromatic heterocycles. The number of nitro benzene ring substituents is 1. The Morgan fingerprint density at radius 3 is 2.61 bits per heavy atom. The normalized spacial score (nSPS) is 10.9. The lowest BCUT2D eigenvalue weighted by atomic mass is 10.1. The van der Waals surface area contributed by atoms with E-state index in [1.54, 1.807) is 4.68 Å². The van der Waals surface area contributed by atoms with Crippen molar-refractivity contribution in [1.29, 1.82) is 0 Å². The van der Waals surface area contributed by atoms with Crippen LogP contribution in [0, 0.1) is 30.9 Å². The van der Waals surface area contributed by atoms with Crippen LogP contribution < -0.4 is 11.0 Å². The largest absolute Gasteiger partial charge is 0.283 e. The molecule has 1 amide bonds. The molecule has 0 bridgehead atoms. The van der Waals surface area contributed by atoms with Crippen molar-refractivity contribution < 1.29 is 9.72 Å². The smallest absolute Gasteiger partial charge is 0.267 e. The molecule has 0 fully saturated rings. The lowest BCUT2D eigenvalue weighted by Crippen LogP contribution is -2.33. The van der Waals surface area contributed by atoms with Crippen LogP contribution in [-0.4, -0.2) is 30.3 Å². The van der Waals surface area contributed by atoms with Crippen LogP contribution in [0.4, 0.5) is 5.69 Å². The summed E-state index contributed by atoms with van der Waals surface area (Å²) in [6.45, 7) is 5.46. The molecule has 2 heterocycles. The number of aromatic nitrogens is 4. The van der Waals surface area contributed by atoms with Gasteiger partial charge in [0.2, 0.25) is 0 Å². The van der Waals surface area contributed by atoms with Crippen molar-refractivity contribution >= 4 is 22.6 Å². The van der Waals surface area contributed by atoms with Crippen LogP contribution in [0.15, 0.2) is 53.7 Å². The van der Waals surface area contributed by atoms with Crippen molar-refractivity contribution in [2.24, 2.45) is 0 Å². The molecule has 31 heavy (non-hydrogen) atoms. The fourth-order valence-electron chi connectivity index (χ4n) is 3.27. The average Bonchev–Trinajstić information content (AvgIpc) is 3.17. The number of carbonyl (C=O) groups is 1. The second-order valence-electron chi connectivity index (χ2n) is 7.13. The van der Waals surface area contributed by atoms with Gasteiger partial charge in [0.1, 0.15) is 11.7 Å². The molecular weight excluding hydrogens is 400 g/mol. The topological polar surface area (TPSA) is 125 Å². The third kappa shape index (κ3) is 3.44. The van der Waals surface area contributed by atoms with Crippen molar-refractivity contribution in [2.45, 2.75) is 20.8 Å². The quantitative estimate of drug-likeness (QED) is 0.401. The first kappa shape index (κ1) is 20.0. The zero-order valence-corrected chi connectivity index (χ0v) is 17.0. The highest BCUT2D eigenvalue weighted by molar-refractivity contribution is 6.02. The summed E-state index contributed by atoms with van der Waals surface area (Å²) in [5, 5.41) is 15.6. The van der Waals surface area contributed by atoms with Gasteiger partial charge in [-0.3, -0.25) is 25.1 Å². The van der Waals surface area contributed by atoms with Gasteiger partial charge in [-0.2, -0.15) is 5.10 Å². The maximum Gasteiger partial charge on any atom is 0.283 e. The number of nitrogens with zero attached hydrogens (tertiary/aromatic N) is 5. The Morgan fingerprint density at radius 1 is 1.13 bits per heavy atom. The van der Waals surface area contributed by atoms with E-state index in [4.69, 9.17) is 0 Å². The SMILES string of the molecule is Cc1ccc(-n2ncc3c(=O)n(NC(=O)c4cccc([N+](=O)[O-])c4C)cnc32)cc1C. The Labute approximate surface area is 175 Å². The number of aryl methyl sites for hydroxylation is 2. The summed E-state index contributed by atoms with van der Waals surface area (Å²) >= 11 is 0. The lowest BCUT2D eigenvalue weighted by Gasteiger charge is -2.10. The summed E-state index contributed by atoms with van der Waals surface area (Å²) in [4.78, 5) is 40.4. The van der Waals surface area contributed by atoms with Crippen LogP contribution in [0.2, 0.25) is 0 Å². The number of nitrogens with one attached hydrogen (secondary N) is 1. The first-order valence-electron chi connectivity index (χ1n) is 9.36. The second-order valence-corrected chi connectivity index (χ2v) is 7.13. The van der Waals surface area contributed by atoms with E-state index in [9.17, 15) is 19.7 Å². The van der Waals surface area contributed by atoms with Crippen LogP contribution in [0.25, 0.3) is 16.7 Å². The van der Waals surface area contributed by atoms with Gasteiger partial charge in [0, 0.05) is 11.6 Å². The van der Waals surface area contributed by atoms with Crippen molar-refractivity contribution in [1.82, 2.24) is 19.4 Å². The molecule has 10 nitrogen and oxygen atoms in total. The Morgan fingerprint density at radius 2 is 1.90 bits per heavy atom. The van der Waals surface area contributed by atoms with Crippen LogP contribution >= 0.6 is 0 Å². The minimum absolute atomic E-state index is 0.0898. The van der Waals surface area contributed by atoms with Gasteiger partial charge in [-0.25, -0.2) is 14.3 Å². The number of hydrogen-bond acceptors (Lipinski definition) is 6. The van der Waals surface area contributed by atoms with Crippen LogP contribution in [0.3, 0.4) is 0 Å². The van der Waals surface area contributed by atoms with E-state index >= 15 is 0 Å². The van der Waals surface area contributed by atoms with Crippen molar-refractivity contribution in [3.05, 3.63) is 91.6 Å². The van der Waals surface area contributed by atoms with Gasteiger partial charge in [-0.1, -0.05) is 12.1 Å². The number of fused-ring (bicyclic) bond motifs is 1. The number of nitro groups is 1. The summed E-state index contributed by atoms with van der Waals surface area (Å²) < 4.78 is 2.50. The third-order valence-corrected chi connectivity index (χ3v) is 5.19. The molecule has 0 atom stereocenters. The minimum Gasteiger partial charge on any atom is -0.267 e. The Balaban J connectivity index is 1.71. The molecule has 0 unspecified atom stereocenters. The Hall–Kier alpha value is -4.34. The highest BCUT2D eigenvalue weighted by atomic mass is 16.6. The van der Waals surface area contributed by atoms with Crippen LogP contribution in [0.1, 0.15) is 27.0 Å². The van der Waals surface area contributed by atoms with Crippen molar-refractivity contribution in [3.8, 4) is 5.69 Å². The molecule has 156 valence electrons. The second kappa shape index (κ2) is 7.48. The number of benzene rings is 2. The summed E-state index contributed by atoms with van der Waals surface area (Å²) in [5.41, 5.74) is 5.36. The molecule has 1 N–H and O–H groups in total. The van der Waals surface area contributed by atoms with E-state index in [0.29, 0.717) is 5.65 Å². The number of carbonyl (C=O) groups excluding carboxylic acids is 1. The van der Waals surface area contributed by atoms with E-state index < -0.39 is 16.4 Å². The molecule has 10 heteroatoms. The van der Waals surface area contributed by atoms with E-state index in [-0.39, 0.29) is 22.2 Å². The van der Waals surface area contributed by atoms with Crippen LogP contribution in [-0.2, 0) is 0 Å². The maximum atomic E-state index is 12.9. The Kier molecular flexibility index (Phi) is 4.82. The zero-order valence-electron chi connectivity index (χ0n) is 17.0. The fraction of sp³-hybridized carbons (Fsp3) is 0.143. The molecule has 0 saturated carbocycles. The van der Waals surface area contributed by atoms with Crippen LogP contribution in [0.5, 0.6) is 0 Å². The first-order valence-corrected chi connectivity index (χ1v) is 9.36. The molecule has 0 aliphatic rings. The van der Waals surface area contributed by atoms with Gasteiger partial charge in [0.15, 0.2) is 5.65 Å². The molecule has 0 radical (unpaired) electrons. The fourth-order valence-corrected chi connectivity index (χ4v) is 3.27. The molecular formula is C21H18N6O4. The van der Waals surface area contributed by atoms with Gasteiger partial charge in [-0.15, -0.1) is 0 Å². The standard InChI is InChI=1S/C21H18N6O4/c1-12-7-8-15(9-13(12)2)26-19-17(10-23-26)21(29)25(11-22-19)24-20(28)16-5-4-6-18(14(16)3)27(30)31/h4-11H,1-3H3,(H,24,28). The van der Waals surface area contributed by atoms with E-state index in [0.717, 1.165) is 21.5 Å². The highest BCUT2D eigenvalue weighted by Crippen LogP contribution is 2.21. The Bertz CT molecular complexity index is 1420. The summed E-state index contributed by atoms with van der Waals surface area (Å²) in [6.07, 6.45) is 2.58. The van der Waals surface area contributed by atoms with Gasteiger partial charge in [0.05, 0.1) is 22.4 Å². The molecule has 0 aliphatic heterocycles. The molecule has 0 spiro atoms. The minimum atomic E-state index is -0.661. The monoisotopic (exact) mass is 418 g/mol. The van der Waals surface area contributed by atoms with Crippen molar-refractivity contribution in [3.63, 3.8) is 0 Å². The van der Waals surface area contributed by atoms with Gasteiger partial charge < -0.3 is 0 Å². The third-order valence-electron chi connectivity index (χ3n) is 5.19. The van der Waals surface area contributed by atoms with E-state index in [1.807, 2.05) is 32.0 Å². The van der Waals surface area contributed by atoms with Gasteiger partial charge in [0.25, 0.3) is 17.2 Å². The number of hydrogen-bond donors (Lipinski definition) is 1. The highest BCUT2D eigenvalue weighted by Gasteiger charge is 2.19. The van der Waals surface area contributed by atoms with Gasteiger partial charge in [-0.05, 0) is 50.1 Å². The predicted octanol–water partition coefficient (Wildman–Crippen LogP) is 2.80. The maximum absolute atomic E-state index is 12.9. The zero-order chi connectivity index (χ0) is 22.3. The molecule has 4 rings (SSSR count). The molecule has 0 saturated heterocycles. The van der Waals surface area contributed by atoms with Gasteiger partial charge >= 0.3 is 0 Å². The van der Waals surface area contributed by atoms with E-state index in [1.165, 1.54) is 37.6 Å². The molecule has 2 aromatic carbocycles. The summed E-state index contributed by atoms with van der Waals surface area (Å²) in [5.74, 6) is -0.661. The number of rotatable bonds is 4. The van der Waals surface area contributed by atoms with Crippen molar-refractivity contribution in [2.75, 3.05) is 5.43 Å². The summed E-state index contributed by atoms with van der Waals surface area (Å²) in [6, 6.07) is 9.97. The van der Waals surface area contributed by atoms with E-state index in [2.05, 4.69) is 15.5 Å². The average molecular weight is 418 g/mol. The summed E-state index contributed by atoms with van der Waals surface area (Å²) in [7, 11) is 0. The molecule has 0 aliphatic carbocycles. The number of amides is 1. The molecule has 4 aromatic rings. The lowest BCUT2D eigenvalue weighted by molar-refractivity contribution is -0.385. The predicted molar refractivity (Wildman–Crippen MR) is 114 cm³/mol.